The van der Waals surface area contributed by atoms with Gasteiger partial charge in [-0.3, -0.25) is 0 Å². The Morgan fingerprint density at radius 1 is 1.47 bits per heavy atom. The average molecular weight is 244 g/mol. The molecule has 0 aromatic heterocycles. The average Bonchev–Trinajstić information content (AvgIpc) is 2.17. The minimum atomic E-state index is -3.40. The van der Waals surface area contributed by atoms with E-state index in [1.807, 2.05) is 0 Å². The maximum atomic E-state index is 11.5. The first-order valence-electron chi connectivity index (χ1n) is 4.22. The molecule has 3 N–H and O–H groups in total. The molecule has 1 rings (SSSR count). The highest BCUT2D eigenvalue weighted by molar-refractivity contribution is 7.89. The molecule has 0 aliphatic rings. The van der Waals surface area contributed by atoms with Gasteiger partial charge in [0.2, 0.25) is 10.0 Å². The number of aryl methyl sites for hydroxylation is 1. The minimum Gasteiger partial charge on any atom is -0.389 e. The highest BCUT2D eigenvalue weighted by atomic mass is 32.2. The van der Waals surface area contributed by atoms with Crippen LogP contribution in [0.3, 0.4) is 0 Å². The Labute approximate surface area is 94.5 Å². The summed E-state index contributed by atoms with van der Waals surface area (Å²) < 4.78 is 25.2. The summed E-state index contributed by atoms with van der Waals surface area (Å²) in [4.78, 5) is 0.475. The number of nitrogens with two attached hydrogens (primary N) is 1. The molecule has 0 fully saturated rings. The molecule has 0 bridgehead atoms. The van der Waals surface area contributed by atoms with Crippen molar-refractivity contribution in [2.45, 2.75) is 11.8 Å². The van der Waals surface area contributed by atoms with Gasteiger partial charge in [-0.05, 0) is 31.7 Å². The van der Waals surface area contributed by atoms with Crippen LogP contribution in [0.5, 0.6) is 0 Å². The van der Waals surface area contributed by atoms with Gasteiger partial charge >= 0.3 is 0 Å². The van der Waals surface area contributed by atoms with Gasteiger partial charge in [-0.2, -0.15) is 0 Å². The largest absolute Gasteiger partial charge is 0.389 e. The summed E-state index contributed by atoms with van der Waals surface area (Å²) in [5.41, 5.74) is 6.92. The molecule has 15 heavy (non-hydrogen) atoms. The lowest BCUT2D eigenvalue weighted by Crippen LogP contribution is -2.19. The van der Waals surface area contributed by atoms with E-state index in [0.717, 1.165) is 5.56 Å². The van der Waals surface area contributed by atoms with Crippen molar-refractivity contribution in [2.24, 2.45) is 5.73 Å². The molecule has 0 aliphatic heterocycles. The molecule has 0 heterocycles. The lowest BCUT2D eigenvalue weighted by molar-refractivity contribution is 0.588. The Kier molecular flexibility index (Phi) is 3.43. The van der Waals surface area contributed by atoms with Crippen molar-refractivity contribution in [1.29, 1.82) is 0 Å². The summed E-state index contributed by atoms with van der Waals surface area (Å²) in [7, 11) is -2.03. The summed E-state index contributed by atoms with van der Waals surface area (Å²) in [6, 6.07) is 4.63. The van der Waals surface area contributed by atoms with Crippen LogP contribution in [0.4, 0.5) is 0 Å². The first kappa shape index (κ1) is 12.1. The smallest absolute Gasteiger partial charge is 0.240 e. The zero-order valence-corrected chi connectivity index (χ0v) is 10.1. The molecule has 1 aromatic rings. The molecule has 0 saturated heterocycles. The summed E-state index contributed by atoms with van der Waals surface area (Å²) in [6.45, 7) is 1.77. The van der Waals surface area contributed by atoms with Gasteiger partial charge in [-0.15, -0.1) is 0 Å². The van der Waals surface area contributed by atoms with E-state index in [9.17, 15) is 8.42 Å². The zero-order valence-electron chi connectivity index (χ0n) is 8.44. The molecule has 0 amide bonds. The molecule has 0 unspecified atom stereocenters. The minimum absolute atomic E-state index is 0.211. The monoisotopic (exact) mass is 244 g/mol. The lowest BCUT2D eigenvalue weighted by atomic mass is 10.1. The highest BCUT2D eigenvalue weighted by Crippen LogP contribution is 2.14. The third-order valence-electron chi connectivity index (χ3n) is 2.04. The Balaban J connectivity index is 3.30. The molecule has 1 aromatic carbocycles. The van der Waals surface area contributed by atoms with Gasteiger partial charge < -0.3 is 5.73 Å². The number of nitrogens with one attached hydrogen (secondary N) is 1. The number of rotatable bonds is 3. The quantitative estimate of drug-likeness (QED) is 0.761. The predicted molar refractivity (Wildman–Crippen MR) is 63.3 cm³/mol. The maximum Gasteiger partial charge on any atom is 0.240 e. The molecule has 82 valence electrons. The van der Waals surface area contributed by atoms with Crippen LogP contribution in [-0.2, 0) is 10.0 Å². The summed E-state index contributed by atoms with van der Waals surface area (Å²) in [5.74, 6) is 0. The van der Waals surface area contributed by atoms with E-state index in [1.54, 1.807) is 19.1 Å². The van der Waals surface area contributed by atoms with Crippen molar-refractivity contribution in [3.8, 4) is 0 Å². The van der Waals surface area contributed by atoms with Crippen LogP contribution in [0.1, 0.15) is 11.1 Å². The third-order valence-corrected chi connectivity index (χ3v) is 3.67. The van der Waals surface area contributed by atoms with Crippen LogP contribution >= 0.6 is 12.2 Å². The van der Waals surface area contributed by atoms with Crippen molar-refractivity contribution in [3.63, 3.8) is 0 Å². The Morgan fingerprint density at radius 2 is 2.07 bits per heavy atom. The second-order valence-corrected chi connectivity index (χ2v) is 5.37. The molecule has 0 aliphatic carbocycles. The third kappa shape index (κ3) is 2.53. The molecule has 0 spiro atoms. The predicted octanol–water partition coefficient (Wildman–Crippen LogP) is 0.537. The second kappa shape index (κ2) is 4.26. The first-order chi connectivity index (χ1) is 6.88. The van der Waals surface area contributed by atoms with Crippen LogP contribution in [0, 0.1) is 6.92 Å². The van der Waals surface area contributed by atoms with Crippen molar-refractivity contribution in [1.82, 2.24) is 4.72 Å². The molecule has 0 saturated carbocycles. The SMILES string of the molecule is CNS(=O)(=O)c1ccc(C(N)=S)c(C)c1. The molecule has 0 atom stereocenters. The van der Waals surface area contributed by atoms with Gasteiger partial charge in [0.05, 0.1) is 4.90 Å². The number of hydrogen-bond donors (Lipinski definition) is 2. The molecule has 6 heteroatoms. The molecular weight excluding hydrogens is 232 g/mol. The topological polar surface area (TPSA) is 72.2 Å². The number of thiocarbonyl (C=S) groups is 1. The summed E-state index contributed by atoms with van der Waals surface area (Å²) in [5, 5.41) is 0. The fourth-order valence-corrected chi connectivity index (χ4v) is 2.24. The van der Waals surface area contributed by atoms with E-state index in [0.29, 0.717) is 5.56 Å². The van der Waals surface area contributed by atoms with Crippen molar-refractivity contribution >= 4 is 27.2 Å². The van der Waals surface area contributed by atoms with Gasteiger partial charge in [0.25, 0.3) is 0 Å². The fraction of sp³-hybridized carbons (Fsp3) is 0.222. The van der Waals surface area contributed by atoms with E-state index >= 15 is 0 Å². The number of sulfonamides is 1. The Bertz CT molecular complexity index is 495. The normalized spacial score (nSPS) is 11.3. The Morgan fingerprint density at radius 3 is 2.47 bits per heavy atom. The lowest BCUT2D eigenvalue weighted by Gasteiger charge is -2.07. The van der Waals surface area contributed by atoms with Crippen LogP contribution in [0.25, 0.3) is 0 Å². The van der Waals surface area contributed by atoms with Crippen LogP contribution < -0.4 is 10.5 Å². The summed E-state index contributed by atoms with van der Waals surface area (Å²) in [6.07, 6.45) is 0. The van der Waals surface area contributed by atoms with Gasteiger partial charge in [-0.1, -0.05) is 18.3 Å². The van der Waals surface area contributed by atoms with Gasteiger partial charge in [0.15, 0.2) is 0 Å². The van der Waals surface area contributed by atoms with Crippen LogP contribution in [0.15, 0.2) is 23.1 Å². The van der Waals surface area contributed by atoms with E-state index in [4.69, 9.17) is 18.0 Å². The van der Waals surface area contributed by atoms with Gasteiger partial charge in [0.1, 0.15) is 4.99 Å². The van der Waals surface area contributed by atoms with Crippen LogP contribution in [-0.4, -0.2) is 20.5 Å². The van der Waals surface area contributed by atoms with E-state index in [1.165, 1.54) is 13.1 Å². The van der Waals surface area contributed by atoms with E-state index < -0.39 is 10.0 Å². The maximum absolute atomic E-state index is 11.5. The zero-order chi connectivity index (χ0) is 11.6. The van der Waals surface area contributed by atoms with Gasteiger partial charge in [0, 0.05) is 5.56 Å². The number of hydrogen-bond acceptors (Lipinski definition) is 3. The molecule has 0 radical (unpaired) electrons. The highest BCUT2D eigenvalue weighted by Gasteiger charge is 2.12. The van der Waals surface area contributed by atoms with Crippen molar-refractivity contribution in [3.05, 3.63) is 29.3 Å². The van der Waals surface area contributed by atoms with Crippen molar-refractivity contribution in [2.75, 3.05) is 7.05 Å². The second-order valence-electron chi connectivity index (χ2n) is 3.05. The molecule has 4 nitrogen and oxygen atoms in total. The standard InChI is InChI=1S/C9H12N2O2S2/c1-6-5-7(15(12,13)11-2)3-4-8(6)9(10)14/h3-5,11H,1-2H3,(H2,10,14). The van der Waals surface area contributed by atoms with Crippen molar-refractivity contribution < 1.29 is 8.42 Å². The van der Waals surface area contributed by atoms with Gasteiger partial charge in [-0.25, -0.2) is 13.1 Å². The Hall–Kier alpha value is -0.980. The van der Waals surface area contributed by atoms with E-state index in [2.05, 4.69) is 4.72 Å². The van der Waals surface area contributed by atoms with E-state index in [-0.39, 0.29) is 9.88 Å². The first-order valence-corrected chi connectivity index (χ1v) is 6.11. The fourth-order valence-electron chi connectivity index (χ4n) is 1.20. The number of benzene rings is 1. The summed E-state index contributed by atoms with van der Waals surface area (Å²) >= 11 is 4.83. The van der Waals surface area contributed by atoms with Crippen LogP contribution in [0.2, 0.25) is 0 Å². The molecular formula is C9H12N2O2S2.